The third-order valence-corrected chi connectivity index (χ3v) is 7.28. The molecule has 34 heavy (non-hydrogen) atoms. The van der Waals surface area contributed by atoms with Crippen molar-refractivity contribution in [2.75, 3.05) is 48.9 Å². The number of fused-ring (bicyclic) bond motifs is 1. The van der Waals surface area contributed by atoms with Crippen LogP contribution in [-0.4, -0.2) is 71.8 Å². The van der Waals surface area contributed by atoms with Crippen LogP contribution in [0.5, 0.6) is 5.75 Å². The predicted molar refractivity (Wildman–Crippen MR) is 132 cm³/mol. The maximum absolute atomic E-state index is 12.7. The van der Waals surface area contributed by atoms with E-state index in [1.165, 1.54) is 12.8 Å². The first-order valence-corrected chi connectivity index (χ1v) is 12.3. The second-order valence-corrected chi connectivity index (χ2v) is 9.59. The Labute approximate surface area is 200 Å². The van der Waals surface area contributed by atoms with Gasteiger partial charge in [0.25, 0.3) is 0 Å². The van der Waals surface area contributed by atoms with Crippen LogP contribution in [0.2, 0.25) is 0 Å². The summed E-state index contributed by atoms with van der Waals surface area (Å²) in [7, 11) is 3.50. The number of carbonyl (C=O) groups is 1. The molecule has 1 aromatic heterocycles. The van der Waals surface area contributed by atoms with Gasteiger partial charge in [-0.25, -0.2) is 4.98 Å². The van der Waals surface area contributed by atoms with E-state index >= 15 is 0 Å². The number of hydrogen-bond acceptors (Lipinski definition) is 8. The standard InChI is InChI=1S/C25H34N6O3/c1-29-15-17-14-26-25(28-24(17)31(16-23(29)33)18-5-3-4-6-18)27-21-8-7-19(13-22(21)34-2)30-11-9-20(32)10-12-30/h7-8,13-14,18,20,32H,3-6,9-12,15-16H2,1-2H3,(H,26,27,28). The van der Waals surface area contributed by atoms with Gasteiger partial charge in [0.1, 0.15) is 11.6 Å². The quantitative estimate of drug-likeness (QED) is 0.695. The van der Waals surface area contributed by atoms with Gasteiger partial charge in [-0.2, -0.15) is 4.98 Å². The fourth-order valence-electron chi connectivity index (χ4n) is 5.25. The summed E-state index contributed by atoms with van der Waals surface area (Å²) in [5.41, 5.74) is 2.84. The summed E-state index contributed by atoms with van der Waals surface area (Å²) in [6.07, 6.45) is 7.75. The second kappa shape index (κ2) is 9.66. The molecule has 1 aromatic carbocycles. The number of aliphatic hydroxyl groups is 1. The minimum Gasteiger partial charge on any atom is -0.494 e. The van der Waals surface area contributed by atoms with Crippen LogP contribution >= 0.6 is 0 Å². The number of likely N-dealkylation sites (N-methyl/N-ethyl adjacent to an activating group) is 1. The number of amides is 1. The highest BCUT2D eigenvalue weighted by atomic mass is 16.5. The lowest BCUT2D eigenvalue weighted by Crippen LogP contribution is -2.40. The molecule has 182 valence electrons. The van der Waals surface area contributed by atoms with Gasteiger partial charge in [0.2, 0.25) is 11.9 Å². The minimum absolute atomic E-state index is 0.113. The Hall–Kier alpha value is -3.07. The number of ether oxygens (including phenoxy) is 1. The minimum atomic E-state index is -0.205. The van der Waals surface area contributed by atoms with E-state index in [2.05, 4.69) is 26.2 Å². The van der Waals surface area contributed by atoms with Crippen LogP contribution in [0.4, 0.5) is 23.1 Å². The van der Waals surface area contributed by atoms with Crippen LogP contribution in [0.1, 0.15) is 44.1 Å². The summed E-state index contributed by atoms with van der Waals surface area (Å²) in [4.78, 5) is 28.3. The van der Waals surface area contributed by atoms with Crippen LogP contribution in [-0.2, 0) is 11.3 Å². The Morgan fingerprint density at radius 2 is 1.88 bits per heavy atom. The van der Waals surface area contributed by atoms with Gasteiger partial charge < -0.3 is 29.9 Å². The number of piperidine rings is 1. The van der Waals surface area contributed by atoms with Crippen LogP contribution in [0.25, 0.3) is 0 Å². The van der Waals surface area contributed by atoms with Crippen molar-refractivity contribution in [3.63, 3.8) is 0 Å². The number of nitrogens with zero attached hydrogens (tertiary/aromatic N) is 5. The first kappa shape index (κ1) is 22.7. The number of rotatable bonds is 5. The zero-order valence-electron chi connectivity index (χ0n) is 20.0. The van der Waals surface area contributed by atoms with Crippen LogP contribution in [0, 0.1) is 0 Å². The molecular formula is C25H34N6O3. The largest absolute Gasteiger partial charge is 0.494 e. The van der Waals surface area contributed by atoms with Crippen molar-refractivity contribution < 1.29 is 14.6 Å². The Balaban J connectivity index is 1.41. The lowest BCUT2D eigenvalue weighted by Gasteiger charge is -2.32. The van der Waals surface area contributed by atoms with Crippen molar-refractivity contribution in [3.8, 4) is 5.75 Å². The summed E-state index contributed by atoms with van der Waals surface area (Å²) in [6, 6.07) is 6.40. The third kappa shape index (κ3) is 4.61. The summed E-state index contributed by atoms with van der Waals surface area (Å²) >= 11 is 0. The van der Waals surface area contributed by atoms with E-state index in [-0.39, 0.29) is 12.0 Å². The highest BCUT2D eigenvalue weighted by Crippen LogP contribution is 2.35. The number of nitrogens with one attached hydrogen (secondary N) is 1. The zero-order chi connectivity index (χ0) is 23.7. The Morgan fingerprint density at radius 1 is 1.12 bits per heavy atom. The first-order chi connectivity index (χ1) is 16.5. The molecule has 5 rings (SSSR count). The van der Waals surface area contributed by atoms with E-state index < -0.39 is 0 Å². The predicted octanol–water partition coefficient (Wildman–Crippen LogP) is 2.91. The van der Waals surface area contributed by atoms with E-state index in [0.29, 0.717) is 30.8 Å². The van der Waals surface area contributed by atoms with Crippen molar-refractivity contribution in [2.45, 2.75) is 57.2 Å². The van der Waals surface area contributed by atoms with E-state index in [1.54, 1.807) is 12.0 Å². The molecule has 3 aliphatic rings. The lowest BCUT2D eigenvalue weighted by atomic mass is 10.1. The fourth-order valence-corrected chi connectivity index (χ4v) is 5.25. The Morgan fingerprint density at radius 3 is 2.62 bits per heavy atom. The topological polar surface area (TPSA) is 94.1 Å². The molecule has 3 heterocycles. The number of methoxy groups -OCH3 is 1. The van der Waals surface area contributed by atoms with E-state index in [4.69, 9.17) is 9.72 Å². The monoisotopic (exact) mass is 466 g/mol. The molecular weight excluding hydrogens is 432 g/mol. The number of hydrogen-bond donors (Lipinski definition) is 2. The first-order valence-electron chi connectivity index (χ1n) is 12.3. The van der Waals surface area contributed by atoms with Crippen molar-refractivity contribution in [1.82, 2.24) is 14.9 Å². The van der Waals surface area contributed by atoms with Crippen LogP contribution < -0.4 is 19.9 Å². The fraction of sp³-hybridized carbons (Fsp3) is 0.560. The number of anilines is 4. The molecule has 2 aromatic rings. The summed E-state index contributed by atoms with van der Waals surface area (Å²) < 4.78 is 5.68. The number of carbonyl (C=O) groups excluding carboxylic acids is 1. The molecule has 9 nitrogen and oxygen atoms in total. The molecule has 1 saturated heterocycles. The van der Waals surface area contributed by atoms with Crippen LogP contribution in [0.3, 0.4) is 0 Å². The van der Waals surface area contributed by atoms with Crippen molar-refractivity contribution >= 4 is 29.0 Å². The normalized spacial score (nSPS) is 19.9. The van der Waals surface area contributed by atoms with E-state index in [9.17, 15) is 9.90 Å². The van der Waals surface area contributed by atoms with Gasteiger partial charge in [0, 0.05) is 49.7 Å². The molecule has 0 radical (unpaired) electrons. The van der Waals surface area contributed by atoms with Gasteiger partial charge in [-0.1, -0.05) is 12.8 Å². The van der Waals surface area contributed by atoms with Gasteiger partial charge in [0.15, 0.2) is 0 Å². The summed E-state index contributed by atoms with van der Waals surface area (Å²) in [5.74, 6) is 2.17. The molecule has 1 amide bonds. The van der Waals surface area contributed by atoms with Crippen molar-refractivity contribution in [1.29, 1.82) is 0 Å². The van der Waals surface area contributed by atoms with E-state index in [0.717, 1.165) is 61.5 Å². The molecule has 1 aliphatic carbocycles. The van der Waals surface area contributed by atoms with Crippen LogP contribution in [0.15, 0.2) is 24.4 Å². The lowest BCUT2D eigenvalue weighted by molar-refractivity contribution is -0.128. The Bertz CT molecular complexity index is 1030. The maximum Gasteiger partial charge on any atom is 0.242 e. The van der Waals surface area contributed by atoms with Gasteiger partial charge in [-0.15, -0.1) is 0 Å². The molecule has 2 aliphatic heterocycles. The molecule has 0 spiro atoms. The molecule has 2 fully saturated rings. The summed E-state index contributed by atoms with van der Waals surface area (Å²) in [5, 5.41) is 13.1. The molecule has 9 heteroatoms. The van der Waals surface area contributed by atoms with Crippen molar-refractivity contribution in [2.24, 2.45) is 0 Å². The third-order valence-electron chi connectivity index (χ3n) is 7.28. The van der Waals surface area contributed by atoms with Gasteiger partial charge >= 0.3 is 0 Å². The van der Waals surface area contributed by atoms with E-state index in [1.807, 2.05) is 25.4 Å². The average Bonchev–Trinajstić information content (AvgIpc) is 3.35. The second-order valence-electron chi connectivity index (χ2n) is 9.59. The van der Waals surface area contributed by atoms with Gasteiger partial charge in [-0.3, -0.25) is 4.79 Å². The highest BCUT2D eigenvalue weighted by molar-refractivity contribution is 5.83. The van der Waals surface area contributed by atoms with Gasteiger partial charge in [0.05, 0.1) is 32.0 Å². The average molecular weight is 467 g/mol. The number of benzene rings is 1. The molecule has 0 atom stereocenters. The number of aromatic nitrogens is 2. The highest BCUT2D eigenvalue weighted by Gasteiger charge is 2.31. The maximum atomic E-state index is 12.7. The molecule has 0 bridgehead atoms. The number of aliphatic hydroxyl groups excluding tert-OH is 1. The van der Waals surface area contributed by atoms with Crippen molar-refractivity contribution in [3.05, 3.63) is 30.0 Å². The van der Waals surface area contributed by atoms with Gasteiger partial charge in [-0.05, 0) is 37.8 Å². The Kier molecular flexibility index (Phi) is 6.45. The zero-order valence-corrected chi connectivity index (χ0v) is 20.0. The summed E-state index contributed by atoms with van der Waals surface area (Å²) in [6.45, 7) is 2.53. The molecule has 1 saturated carbocycles. The molecule has 0 unspecified atom stereocenters. The smallest absolute Gasteiger partial charge is 0.242 e. The molecule has 2 N–H and O–H groups in total. The SMILES string of the molecule is COc1cc(N2CCC(O)CC2)ccc1Nc1ncc2c(n1)N(C1CCCC1)CC(=O)N(C)C2.